The highest BCUT2D eigenvalue weighted by Crippen LogP contribution is 2.27. The zero-order valence-corrected chi connectivity index (χ0v) is 15.0. The summed E-state index contributed by atoms with van der Waals surface area (Å²) in [5, 5.41) is 4.45. The van der Waals surface area contributed by atoms with Crippen LogP contribution in [-0.4, -0.2) is 58.6 Å². The predicted octanol–water partition coefficient (Wildman–Crippen LogP) is 1.51. The van der Waals surface area contributed by atoms with Crippen LogP contribution in [0.4, 0.5) is 0 Å². The topological polar surface area (TPSA) is 71.3 Å². The van der Waals surface area contributed by atoms with Gasteiger partial charge in [-0.2, -0.15) is 9.40 Å². The SMILES string of the molecule is O=S(=O)(c1cccnc1)N1Cc2ccnn2[C@H](CN2CCCCC2)C1. The van der Waals surface area contributed by atoms with Gasteiger partial charge in [0.2, 0.25) is 10.0 Å². The summed E-state index contributed by atoms with van der Waals surface area (Å²) < 4.78 is 29.6. The zero-order valence-electron chi connectivity index (χ0n) is 14.2. The number of hydrogen-bond donors (Lipinski definition) is 0. The zero-order chi connectivity index (χ0) is 17.3. The molecule has 7 nitrogen and oxygen atoms in total. The Morgan fingerprint density at radius 2 is 1.96 bits per heavy atom. The summed E-state index contributed by atoms with van der Waals surface area (Å²) in [7, 11) is -3.55. The lowest BCUT2D eigenvalue weighted by Crippen LogP contribution is -2.46. The van der Waals surface area contributed by atoms with Crippen molar-refractivity contribution in [3.63, 3.8) is 0 Å². The third kappa shape index (κ3) is 3.33. The maximum Gasteiger partial charge on any atom is 0.245 e. The van der Waals surface area contributed by atoms with Crippen LogP contribution in [-0.2, 0) is 16.6 Å². The molecule has 1 atom stereocenters. The Bertz CT molecular complexity index is 815. The first-order valence-electron chi connectivity index (χ1n) is 8.79. The van der Waals surface area contributed by atoms with E-state index in [1.807, 2.05) is 10.7 Å². The maximum atomic E-state index is 13.0. The van der Waals surface area contributed by atoms with Gasteiger partial charge in [-0.1, -0.05) is 6.42 Å². The Kier molecular flexibility index (Phi) is 4.58. The van der Waals surface area contributed by atoms with Crippen molar-refractivity contribution in [3.05, 3.63) is 42.5 Å². The van der Waals surface area contributed by atoms with Crippen molar-refractivity contribution < 1.29 is 8.42 Å². The smallest absolute Gasteiger partial charge is 0.245 e. The van der Waals surface area contributed by atoms with Gasteiger partial charge in [-0.05, 0) is 44.1 Å². The second kappa shape index (κ2) is 6.86. The van der Waals surface area contributed by atoms with Gasteiger partial charge in [0.05, 0.1) is 18.3 Å². The van der Waals surface area contributed by atoms with E-state index in [1.54, 1.807) is 28.8 Å². The lowest BCUT2D eigenvalue weighted by Gasteiger charge is -2.37. The molecule has 8 heteroatoms. The fraction of sp³-hybridized carbons (Fsp3) is 0.529. The number of likely N-dealkylation sites (tertiary alicyclic amines) is 1. The molecule has 0 aliphatic carbocycles. The number of fused-ring (bicyclic) bond motifs is 1. The molecule has 25 heavy (non-hydrogen) atoms. The van der Waals surface area contributed by atoms with Gasteiger partial charge >= 0.3 is 0 Å². The Morgan fingerprint density at radius 1 is 1.12 bits per heavy atom. The van der Waals surface area contributed by atoms with Crippen LogP contribution in [0.3, 0.4) is 0 Å². The minimum Gasteiger partial charge on any atom is -0.301 e. The largest absolute Gasteiger partial charge is 0.301 e. The summed E-state index contributed by atoms with van der Waals surface area (Å²) in [5.74, 6) is 0. The maximum absolute atomic E-state index is 13.0. The second-order valence-corrected chi connectivity index (χ2v) is 8.71. The minimum atomic E-state index is -3.55. The molecule has 4 heterocycles. The van der Waals surface area contributed by atoms with E-state index in [0.717, 1.165) is 25.3 Å². The van der Waals surface area contributed by atoms with Gasteiger partial charge in [0.1, 0.15) is 4.90 Å². The minimum absolute atomic E-state index is 0.0447. The average molecular weight is 361 g/mol. The van der Waals surface area contributed by atoms with E-state index in [4.69, 9.17) is 0 Å². The van der Waals surface area contributed by atoms with E-state index in [0.29, 0.717) is 13.1 Å². The van der Waals surface area contributed by atoms with Gasteiger partial charge in [0, 0.05) is 31.7 Å². The number of sulfonamides is 1. The summed E-state index contributed by atoms with van der Waals surface area (Å²) in [6.07, 6.45) is 8.49. The van der Waals surface area contributed by atoms with Gasteiger partial charge in [-0.25, -0.2) is 8.42 Å². The van der Waals surface area contributed by atoms with Gasteiger partial charge in [0.25, 0.3) is 0 Å². The summed E-state index contributed by atoms with van der Waals surface area (Å²) in [4.78, 5) is 6.64. The fourth-order valence-corrected chi connectivity index (χ4v) is 5.17. The third-order valence-corrected chi connectivity index (χ3v) is 6.84. The van der Waals surface area contributed by atoms with Crippen molar-refractivity contribution in [2.45, 2.75) is 36.7 Å². The van der Waals surface area contributed by atoms with Crippen molar-refractivity contribution in [3.8, 4) is 0 Å². The van der Waals surface area contributed by atoms with Crippen LogP contribution in [0.5, 0.6) is 0 Å². The molecule has 4 rings (SSSR count). The summed E-state index contributed by atoms with van der Waals surface area (Å²) in [6.45, 7) is 3.81. The first kappa shape index (κ1) is 16.7. The Balaban J connectivity index is 1.59. The first-order chi connectivity index (χ1) is 12.1. The Hall–Kier alpha value is -1.77. The van der Waals surface area contributed by atoms with Gasteiger partial charge < -0.3 is 4.90 Å². The summed E-state index contributed by atoms with van der Waals surface area (Å²) in [6, 6.07) is 5.22. The Labute approximate surface area is 148 Å². The molecule has 2 aromatic rings. The van der Waals surface area contributed by atoms with Gasteiger partial charge in [-0.15, -0.1) is 0 Å². The van der Waals surface area contributed by atoms with Crippen molar-refractivity contribution in [1.82, 2.24) is 24.0 Å². The van der Waals surface area contributed by atoms with Crippen molar-refractivity contribution in [1.29, 1.82) is 0 Å². The third-order valence-electron chi connectivity index (χ3n) is 5.04. The van der Waals surface area contributed by atoms with E-state index >= 15 is 0 Å². The standard InChI is InChI=1S/C17H23N5O2S/c23-25(24,17-5-4-7-18-11-17)21-13-15-6-8-19-22(15)16(14-21)12-20-9-2-1-3-10-20/h4-8,11,16H,1-3,9-10,12-14H2/t16-/m1/s1. The normalized spacial score (nSPS) is 22.6. The fourth-order valence-electron chi connectivity index (χ4n) is 3.76. The van der Waals surface area contributed by atoms with Crippen molar-refractivity contribution >= 4 is 10.0 Å². The summed E-state index contributed by atoms with van der Waals surface area (Å²) in [5.41, 5.74) is 0.945. The molecule has 0 radical (unpaired) electrons. The monoisotopic (exact) mass is 361 g/mol. The number of aromatic nitrogens is 3. The van der Waals surface area contributed by atoms with E-state index in [2.05, 4.69) is 15.0 Å². The molecular formula is C17H23N5O2S. The second-order valence-electron chi connectivity index (χ2n) is 6.77. The highest BCUT2D eigenvalue weighted by molar-refractivity contribution is 7.89. The van der Waals surface area contributed by atoms with E-state index < -0.39 is 10.0 Å². The number of pyridine rings is 1. The van der Waals surface area contributed by atoms with Crippen LogP contribution >= 0.6 is 0 Å². The lowest BCUT2D eigenvalue weighted by atomic mass is 10.1. The number of piperidine rings is 1. The van der Waals surface area contributed by atoms with Crippen LogP contribution in [0.25, 0.3) is 0 Å². The number of nitrogens with zero attached hydrogens (tertiary/aromatic N) is 5. The van der Waals surface area contributed by atoms with Gasteiger partial charge in [0.15, 0.2) is 0 Å². The molecule has 1 fully saturated rings. The van der Waals surface area contributed by atoms with Crippen LogP contribution in [0.15, 0.2) is 41.7 Å². The highest BCUT2D eigenvalue weighted by Gasteiger charge is 2.34. The molecule has 0 bridgehead atoms. The Morgan fingerprint density at radius 3 is 2.72 bits per heavy atom. The molecular weight excluding hydrogens is 338 g/mol. The molecule has 2 aromatic heterocycles. The molecule has 0 unspecified atom stereocenters. The van der Waals surface area contributed by atoms with Crippen LogP contribution in [0.1, 0.15) is 31.0 Å². The average Bonchev–Trinajstić information content (AvgIpc) is 3.12. The highest BCUT2D eigenvalue weighted by atomic mass is 32.2. The molecule has 0 N–H and O–H groups in total. The van der Waals surface area contributed by atoms with E-state index in [-0.39, 0.29) is 10.9 Å². The van der Waals surface area contributed by atoms with Crippen LogP contribution in [0.2, 0.25) is 0 Å². The van der Waals surface area contributed by atoms with Gasteiger partial charge in [-0.3, -0.25) is 9.67 Å². The molecule has 0 spiro atoms. The van der Waals surface area contributed by atoms with Crippen molar-refractivity contribution in [2.24, 2.45) is 0 Å². The molecule has 1 saturated heterocycles. The number of hydrogen-bond acceptors (Lipinski definition) is 5. The molecule has 2 aliphatic heterocycles. The molecule has 2 aliphatic rings. The molecule has 134 valence electrons. The van der Waals surface area contributed by atoms with E-state index in [1.165, 1.54) is 25.5 Å². The summed E-state index contributed by atoms with van der Waals surface area (Å²) >= 11 is 0. The van der Waals surface area contributed by atoms with Crippen LogP contribution in [0, 0.1) is 0 Å². The molecule has 0 saturated carbocycles. The first-order valence-corrected chi connectivity index (χ1v) is 10.2. The predicted molar refractivity (Wildman–Crippen MR) is 93.4 cm³/mol. The lowest BCUT2D eigenvalue weighted by molar-refractivity contribution is 0.160. The number of rotatable bonds is 4. The van der Waals surface area contributed by atoms with Crippen LogP contribution < -0.4 is 0 Å². The molecule has 0 aromatic carbocycles. The van der Waals surface area contributed by atoms with E-state index in [9.17, 15) is 8.42 Å². The quantitative estimate of drug-likeness (QED) is 0.825. The van der Waals surface area contributed by atoms with Crippen molar-refractivity contribution in [2.75, 3.05) is 26.2 Å². The molecule has 0 amide bonds.